The second-order valence-electron chi connectivity index (χ2n) is 4.75. The molecule has 2 N–H and O–H groups in total. The van der Waals surface area contributed by atoms with Crippen molar-refractivity contribution < 1.29 is 18.3 Å². The number of hydrogen-bond donors (Lipinski definition) is 2. The van der Waals surface area contributed by atoms with Crippen LogP contribution in [0, 0.1) is 0 Å². The largest absolute Gasteiger partial charge is 0.435 e. The van der Waals surface area contributed by atoms with Crippen molar-refractivity contribution in [3.63, 3.8) is 0 Å². The summed E-state index contributed by atoms with van der Waals surface area (Å²) in [6.07, 6.45) is 1.54. The molecule has 0 saturated carbocycles. The molecule has 0 spiro atoms. The van der Waals surface area contributed by atoms with Gasteiger partial charge in [0.25, 0.3) is 5.91 Å². The maximum Gasteiger partial charge on any atom is 0.387 e. The van der Waals surface area contributed by atoms with Crippen LogP contribution >= 0.6 is 11.6 Å². The number of fused-ring (bicyclic) bond motifs is 1. The van der Waals surface area contributed by atoms with Gasteiger partial charge in [0.05, 0.1) is 5.57 Å². The molecule has 7 heteroatoms. The molecule has 1 heterocycles. The van der Waals surface area contributed by atoms with Crippen molar-refractivity contribution in [2.45, 2.75) is 6.61 Å². The third-order valence-electron chi connectivity index (χ3n) is 3.23. The molecule has 0 fully saturated rings. The molecule has 0 saturated heterocycles. The van der Waals surface area contributed by atoms with E-state index in [1.54, 1.807) is 36.5 Å². The first-order valence-corrected chi connectivity index (χ1v) is 7.03. The number of benzene rings is 2. The minimum atomic E-state index is -2.86. The van der Waals surface area contributed by atoms with Gasteiger partial charge in [0.2, 0.25) is 0 Å². The van der Waals surface area contributed by atoms with Crippen molar-refractivity contribution in [3.05, 3.63) is 59.3 Å². The van der Waals surface area contributed by atoms with Crippen LogP contribution in [0.25, 0.3) is 5.57 Å². The second kappa shape index (κ2) is 6.26. The fourth-order valence-electron chi connectivity index (χ4n) is 2.19. The number of halogens is 3. The Morgan fingerprint density at radius 2 is 1.91 bits per heavy atom. The monoisotopic (exact) mass is 336 g/mol. The minimum absolute atomic E-state index is 0.0638. The topological polar surface area (TPSA) is 50.4 Å². The minimum Gasteiger partial charge on any atom is -0.435 e. The average Bonchev–Trinajstić information content (AvgIpc) is 2.81. The zero-order valence-corrected chi connectivity index (χ0v) is 12.4. The molecule has 0 radical (unpaired) electrons. The van der Waals surface area contributed by atoms with Gasteiger partial charge in [-0.05, 0) is 42.5 Å². The van der Waals surface area contributed by atoms with Gasteiger partial charge in [-0.15, -0.1) is 0 Å². The van der Waals surface area contributed by atoms with Crippen LogP contribution in [0.15, 0.2) is 48.7 Å². The summed E-state index contributed by atoms with van der Waals surface area (Å²) in [6.45, 7) is -2.86. The van der Waals surface area contributed by atoms with Crippen LogP contribution in [0.4, 0.5) is 20.2 Å². The highest BCUT2D eigenvalue weighted by atomic mass is 35.5. The Hall–Kier alpha value is -2.60. The SMILES string of the molecule is O=C1Nc2ccc(Cl)cc2C1=CNc1ccc(OC(F)F)cc1. The molecular formula is C16H11ClF2N2O2. The number of carbonyl (C=O) groups excluding carboxylic acids is 1. The zero-order chi connectivity index (χ0) is 16.4. The Morgan fingerprint density at radius 1 is 1.17 bits per heavy atom. The Kier molecular flexibility index (Phi) is 4.16. The molecule has 1 aliphatic heterocycles. The van der Waals surface area contributed by atoms with Gasteiger partial charge in [-0.1, -0.05) is 11.6 Å². The van der Waals surface area contributed by atoms with Crippen LogP contribution < -0.4 is 15.4 Å². The summed E-state index contributed by atoms with van der Waals surface area (Å²) < 4.78 is 28.4. The molecule has 118 valence electrons. The van der Waals surface area contributed by atoms with Crippen LogP contribution in [-0.2, 0) is 4.79 Å². The predicted molar refractivity (Wildman–Crippen MR) is 84.8 cm³/mol. The smallest absolute Gasteiger partial charge is 0.387 e. The summed E-state index contributed by atoms with van der Waals surface area (Å²) in [5.41, 5.74) is 2.46. The zero-order valence-electron chi connectivity index (χ0n) is 11.6. The summed E-state index contributed by atoms with van der Waals surface area (Å²) in [4.78, 5) is 12.0. The van der Waals surface area contributed by atoms with Crippen molar-refractivity contribution in [1.82, 2.24) is 0 Å². The number of ether oxygens (including phenoxy) is 1. The van der Waals surface area contributed by atoms with Crippen LogP contribution in [0.5, 0.6) is 5.75 Å². The molecule has 0 bridgehead atoms. The van der Waals surface area contributed by atoms with Gasteiger partial charge in [0, 0.05) is 28.2 Å². The lowest BCUT2D eigenvalue weighted by Crippen LogP contribution is -2.05. The Balaban J connectivity index is 1.78. The highest BCUT2D eigenvalue weighted by Gasteiger charge is 2.24. The molecule has 1 amide bonds. The summed E-state index contributed by atoms with van der Waals surface area (Å²) in [7, 11) is 0. The standard InChI is InChI=1S/C16H11ClF2N2O2/c17-9-1-6-14-12(7-9)13(15(22)21-14)8-20-10-2-4-11(5-3-10)23-16(18)19/h1-8,16,20H,(H,21,22). The number of nitrogens with one attached hydrogen (secondary N) is 2. The fraction of sp³-hybridized carbons (Fsp3) is 0.0625. The van der Waals surface area contributed by atoms with E-state index in [1.807, 2.05) is 0 Å². The third-order valence-corrected chi connectivity index (χ3v) is 3.46. The number of alkyl halides is 2. The van der Waals surface area contributed by atoms with Gasteiger partial charge in [0.15, 0.2) is 0 Å². The number of anilines is 2. The van der Waals surface area contributed by atoms with E-state index in [4.69, 9.17) is 11.6 Å². The molecule has 0 unspecified atom stereocenters. The van der Waals surface area contributed by atoms with Crippen molar-refractivity contribution in [1.29, 1.82) is 0 Å². The molecule has 0 aliphatic carbocycles. The summed E-state index contributed by atoms with van der Waals surface area (Å²) in [6, 6.07) is 11.1. The lowest BCUT2D eigenvalue weighted by atomic mass is 10.1. The molecule has 0 atom stereocenters. The van der Waals surface area contributed by atoms with E-state index in [0.29, 0.717) is 27.5 Å². The van der Waals surface area contributed by atoms with Gasteiger partial charge < -0.3 is 15.4 Å². The van der Waals surface area contributed by atoms with Gasteiger partial charge in [-0.25, -0.2) is 0 Å². The molecule has 4 nitrogen and oxygen atoms in total. The van der Waals surface area contributed by atoms with E-state index in [-0.39, 0.29) is 11.7 Å². The lowest BCUT2D eigenvalue weighted by Gasteiger charge is -2.06. The van der Waals surface area contributed by atoms with Crippen LogP contribution in [-0.4, -0.2) is 12.5 Å². The van der Waals surface area contributed by atoms with E-state index < -0.39 is 6.61 Å². The molecular weight excluding hydrogens is 326 g/mol. The van der Waals surface area contributed by atoms with Gasteiger partial charge >= 0.3 is 6.61 Å². The summed E-state index contributed by atoms with van der Waals surface area (Å²) >= 11 is 5.95. The Morgan fingerprint density at radius 3 is 2.61 bits per heavy atom. The highest BCUT2D eigenvalue weighted by Crippen LogP contribution is 2.33. The molecule has 23 heavy (non-hydrogen) atoms. The van der Waals surface area contributed by atoms with E-state index in [2.05, 4.69) is 15.4 Å². The predicted octanol–water partition coefficient (Wildman–Crippen LogP) is 4.35. The van der Waals surface area contributed by atoms with E-state index >= 15 is 0 Å². The average molecular weight is 337 g/mol. The van der Waals surface area contributed by atoms with E-state index in [1.165, 1.54) is 12.1 Å². The number of amides is 1. The lowest BCUT2D eigenvalue weighted by molar-refractivity contribution is -0.110. The Labute approximate surface area is 135 Å². The van der Waals surface area contributed by atoms with E-state index in [9.17, 15) is 13.6 Å². The number of carbonyl (C=O) groups is 1. The molecule has 2 aromatic rings. The van der Waals surface area contributed by atoms with Gasteiger partial charge in [0.1, 0.15) is 5.75 Å². The van der Waals surface area contributed by atoms with Crippen molar-refractivity contribution in [2.75, 3.05) is 10.6 Å². The first-order valence-electron chi connectivity index (χ1n) is 6.66. The molecule has 1 aliphatic rings. The van der Waals surface area contributed by atoms with Crippen molar-refractivity contribution >= 4 is 34.5 Å². The van der Waals surface area contributed by atoms with Crippen molar-refractivity contribution in [2.24, 2.45) is 0 Å². The van der Waals surface area contributed by atoms with Gasteiger partial charge in [-0.2, -0.15) is 8.78 Å². The maximum absolute atomic E-state index is 12.1. The first kappa shape index (κ1) is 15.3. The van der Waals surface area contributed by atoms with Crippen LogP contribution in [0.1, 0.15) is 5.56 Å². The molecule has 3 rings (SSSR count). The highest BCUT2D eigenvalue weighted by molar-refractivity contribution is 6.34. The second-order valence-corrected chi connectivity index (χ2v) is 5.19. The number of hydrogen-bond acceptors (Lipinski definition) is 3. The third kappa shape index (κ3) is 3.43. The van der Waals surface area contributed by atoms with E-state index in [0.717, 1.165) is 0 Å². The van der Waals surface area contributed by atoms with Crippen LogP contribution in [0.2, 0.25) is 5.02 Å². The Bertz CT molecular complexity index is 776. The first-order chi connectivity index (χ1) is 11.0. The van der Waals surface area contributed by atoms with Crippen LogP contribution in [0.3, 0.4) is 0 Å². The number of rotatable bonds is 4. The maximum atomic E-state index is 12.1. The van der Waals surface area contributed by atoms with Crippen molar-refractivity contribution in [3.8, 4) is 5.75 Å². The quantitative estimate of drug-likeness (QED) is 0.816. The summed E-state index contributed by atoms with van der Waals surface area (Å²) in [5.74, 6) is -0.179. The molecule has 2 aromatic carbocycles. The summed E-state index contributed by atoms with van der Waals surface area (Å²) in [5, 5.41) is 6.21. The van der Waals surface area contributed by atoms with Gasteiger partial charge in [-0.3, -0.25) is 4.79 Å². The fourth-order valence-corrected chi connectivity index (χ4v) is 2.36. The normalized spacial score (nSPS) is 14.8. The molecule has 0 aromatic heterocycles.